The molecular formula is C22H21N3O3. The van der Waals surface area contributed by atoms with Crippen LogP contribution in [0.1, 0.15) is 22.3 Å². The van der Waals surface area contributed by atoms with Crippen LogP contribution in [0.2, 0.25) is 0 Å². The van der Waals surface area contributed by atoms with Crippen LogP contribution in [0.3, 0.4) is 0 Å². The molecule has 28 heavy (non-hydrogen) atoms. The van der Waals surface area contributed by atoms with Gasteiger partial charge in [0.2, 0.25) is 0 Å². The summed E-state index contributed by atoms with van der Waals surface area (Å²) >= 11 is 0. The average Bonchev–Trinajstić information content (AvgIpc) is 3.04. The van der Waals surface area contributed by atoms with E-state index in [0.717, 1.165) is 50.5 Å². The van der Waals surface area contributed by atoms with Gasteiger partial charge < -0.3 is 9.30 Å². The van der Waals surface area contributed by atoms with Crippen molar-refractivity contribution in [2.45, 2.75) is 13.0 Å². The van der Waals surface area contributed by atoms with Crippen molar-refractivity contribution >= 4 is 16.6 Å². The van der Waals surface area contributed by atoms with E-state index in [1.807, 2.05) is 24.3 Å². The Hall–Kier alpha value is -2.83. The van der Waals surface area contributed by atoms with Crippen molar-refractivity contribution in [1.29, 1.82) is 0 Å². The number of hydrogen-bond acceptors (Lipinski definition) is 5. The molecule has 0 saturated carbocycles. The van der Waals surface area contributed by atoms with Gasteiger partial charge in [-0.15, -0.1) is 0 Å². The Kier molecular flexibility index (Phi) is 4.30. The maximum absolute atomic E-state index is 13.3. The number of aromatic nitrogens is 2. The SMILES string of the molecule is O=C1c2ccccc2-c2c1c1cnccc1c(=O)n2CCCN1CCOCC1. The zero-order chi connectivity index (χ0) is 19.1. The van der Waals surface area contributed by atoms with Crippen molar-refractivity contribution in [3.8, 4) is 11.3 Å². The van der Waals surface area contributed by atoms with Gasteiger partial charge >= 0.3 is 0 Å². The molecule has 2 aromatic heterocycles. The van der Waals surface area contributed by atoms with Crippen LogP contribution < -0.4 is 5.56 Å². The Morgan fingerprint density at radius 2 is 1.75 bits per heavy atom. The molecule has 1 aromatic carbocycles. The van der Waals surface area contributed by atoms with Gasteiger partial charge in [0.25, 0.3) is 5.56 Å². The van der Waals surface area contributed by atoms with Gasteiger partial charge in [0, 0.05) is 55.1 Å². The third-order valence-electron chi connectivity index (χ3n) is 5.69. The topological polar surface area (TPSA) is 64.4 Å². The van der Waals surface area contributed by atoms with Crippen LogP contribution >= 0.6 is 0 Å². The first kappa shape index (κ1) is 17.3. The Balaban J connectivity index is 1.60. The first-order valence-corrected chi connectivity index (χ1v) is 9.70. The summed E-state index contributed by atoms with van der Waals surface area (Å²) in [6, 6.07) is 9.26. The maximum atomic E-state index is 13.3. The summed E-state index contributed by atoms with van der Waals surface area (Å²) in [6.07, 6.45) is 4.09. The number of carbonyl (C=O) groups is 1. The highest BCUT2D eigenvalue weighted by atomic mass is 16.5. The van der Waals surface area contributed by atoms with Crippen molar-refractivity contribution in [1.82, 2.24) is 14.5 Å². The van der Waals surface area contributed by atoms with E-state index in [9.17, 15) is 9.59 Å². The van der Waals surface area contributed by atoms with E-state index in [4.69, 9.17) is 4.74 Å². The Bertz CT molecular complexity index is 1130. The van der Waals surface area contributed by atoms with Crippen LogP contribution in [-0.2, 0) is 11.3 Å². The molecule has 1 saturated heterocycles. The lowest BCUT2D eigenvalue weighted by molar-refractivity contribution is 0.0369. The van der Waals surface area contributed by atoms with Gasteiger partial charge in [0.1, 0.15) is 0 Å². The van der Waals surface area contributed by atoms with Crippen molar-refractivity contribution in [2.75, 3.05) is 32.8 Å². The van der Waals surface area contributed by atoms with Crippen molar-refractivity contribution in [3.05, 3.63) is 64.2 Å². The number of morpholine rings is 1. The molecule has 142 valence electrons. The highest BCUT2D eigenvalue weighted by Gasteiger charge is 2.32. The van der Waals surface area contributed by atoms with Gasteiger partial charge in [-0.2, -0.15) is 0 Å². The van der Waals surface area contributed by atoms with E-state index in [0.29, 0.717) is 28.4 Å². The molecule has 6 nitrogen and oxygen atoms in total. The summed E-state index contributed by atoms with van der Waals surface area (Å²) in [5.74, 6) is -0.0227. The molecule has 0 amide bonds. The molecule has 2 aliphatic rings. The number of carbonyl (C=O) groups excluding carboxylic acids is 1. The van der Waals surface area contributed by atoms with Crippen LogP contribution in [0.25, 0.3) is 22.0 Å². The van der Waals surface area contributed by atoms with Gasteiger partial charge in [-0.1, -0.05) is 24.3 Å². The minimum Gasteiger partial charge on any atom is -0.379 e. The van der Waals surface area contributed by atoms with E-state index in [1.165, 1.54) is 0 Å². The van der Waals surface area contributed by atoms with Crippen LogP contribution in [0.15, 0.2) is 47.5 Å². The van der Waals surface area contributed by atoms with E-state index in [-0.39, 0.29) is 11.3 Å². The molecular weight excluding hydrogens is 354 g/mol. The van der Waals surface area contributed by atoms with Gasteiger partial charge in [-0.05, 0) is 12.5 Å². The highest BCUT2D eigenvalue weighted by molar-refractivity contribution is 6.26. The highest BCUT2D eigenvalue weighted by Crippen LogP contribution is 2.38. The third kappa shape index (κ3) is 2.68. The van der Waals surface area contributed by atoms with Crippen LogP contribution in [-0.4, -0.2) is 53.1 Å². The minimum atomic E-state index is -0.0531. The lowest BCUT2D eigenvalue weighted by Crippen LogP contribution is -2.37. The lowest BCUT2D eigenvalue weighted by Gasteiger charge is -2.26. The quantitative estimate of drug-likeness (QED) is 0.548. The standard InChI is InChI=1S/C22H21N3O3/c26-21-16-5-2-1-4-15(16)20-19(21)18-14-23-7-6-17(18)22(27)25(20)9-3-8-24-10-12-28-13-11-24/h1-2,4-7,14H,3,8-13H2. The zero-order valence-corrected chi connectivity index (χ0v) is 15.6. The number of pyridine rings is 2. The first-order chi connectivity index (χ1) is 13.8. The fraction of sp³-hybridized carbons (Fsp3) is 0.318. The third-order valence-corrected chi connectivity index (χ3v) is 5.69. The number of fused-ring (bicyclic) bond motifs is 5. The molecule has 1 fully saturated rings. The molecule has 0 atom stereocenters. The number of ether oxygens (including phenoxy) is 1. The number of nitrogens with zero attached hydrogens (tertiary/aromatic N) is 3. The fourth-order valence-electron chi connectivity index (χ4n) is 4.31. The Morgan fingerprint density at radius 3 is 2.57 bits per heavy atom. The van der Waals surface area contributed by atoms with Crippen LogP contribution in [0.5, 0.6) is 0 Å². The lowest BCUT2D eigenvalue weighted by atomic mass is 10.0. The molecule has 1 aliphatic carbocycles. The monoisotopic (exact) mass is 375 g/mol. The summed E-state index contributed by atoms with van der Waals surface area (Å²) < 4.78 is 7.20. The second kappa shape index (κ2) is 6.96. The molecule has 0 unspecified atom stereocenters. The second-order valence-electron chi connectivity index (χ2n) is 7.28. The van der Waals surface area contributed by atoms with Crippen molar-refractivity contribution in [3.63, 3.8) is 0 Å². The van der Waals surface area contributed by atoms with Crippen LogP contribution in [0, 0.1) is 0 Å². The summed E-state index contributed by atoms with van der Waals surface area (Å²) in [5, 5.41) is 1.20. The van der Waals surface area contributed by atoms with Gasteiger partial charge in [0.15, 0.2) is 5.78 Å². The predicted molar refractivity (Wildman–Crippen MR) is 107 cm³/mol. The minimum absolute atomic E-state index is 0.0227. The first-order valence-electron chi connectivity index (χ1n) is 9.70. The van der Waals surface area contributed by atoms with E-state index in [1.54, 1.807) is 23.0 Å². The largest absolute Gasteiger partial charge is 0.379 e. The average molecular weight is 375 g/mol. The molecule has 0 bridgehead atoms. The summed E-state index contributed by atoms with van der Waals surface area (Å²) in [6.45, 7) is 4.88. The smallest absolute Gasteiger partial charge is 0.259 e. The molecule has 1 aliphatic heterocycles. The van der Waals surface area contributed by atoms with Crippen molar-refractivity contribution in [2.24, 2.45) is 0 Å². The number of hydrogen-bond donors (Lipinski definition) is 0. The van der Waals surface area contributed by atoms with Gasteiger partial charge in [-0.3, -0.25) is 19.5 Å². The van der Waals surface area contributed by atoms with E-state index in [2.05, 4.69) is 9.88 Å². The van der Waals surface area contributed by atoms with E-state index < -0.39 is 0 Å². The molecule has 0 spiro atoms. The molecule has 0 N–H and O–H groups in total. The Morgan fingerprint density at radius 1 is 0.964 bits per heavy atom. The molecule has 3 heterocycles. The predicted octanol–water partition coefficient (Wildman–Crippen LogP) is 2.33. The normalized spacial score (nSPS) is 16.4. The summed E-state index contributed by atoms with van der Waals surface area (Å²) in [5.41, 5.74) is 2.80. The van der Waals surface area contributed by atoms with E-state index >= 15 is 0 Å². The van der Waals surface area contributed by atoms with Gasteiger partial charge in [-0.25, -0.2) is 0 Å². The van der Waals surface area contributed by atoms with Crippen molar-refractivity contribution < 1.29 is 9.53 Å². The summed E-state index contributed by atoms with van der Waals surface area (Å²) in [7, 11) is 0. The number of ketones is 1. The molecule has 0 radical (unpaired) electrons. The second-order valence-corrected chi connectivity index (χ2v) is 7.28. The Labute approximate surface area is 162 Å². The maximum Gasteiger partial charge on any atom is 0.259 e. The number of rotatable bonds is 4. The molecule has 5 rings (SSSR count). The molecule has 6 heteroatoms. The zero-order valence-electron chi connectivity index (χ0n) is 15.6. The van der Waals surface area contributed by atoms with Crippen LogP contribution in [0.4, 0.5) is 0 Å². The van der Waals surface area contributed by atoms with Gasteiger partial charge in [0.05, 0.1) is 29.9 Å². The summed E-state index contributed by atoms with van der Waals surface area (Å²) in [4.78, 5) is 32.9. The molecule has 3 aromatic rings. The fourth-order valence-corrected chi connectivity index (χ4v) is 4.31. The number of benzene rings is 1.